The SMILES string of the molecule is CCCC#Cc1ccc(S(=O)(=O)NC2=CC(Br)N(C)O2)s1. The highest BCUT2D eigenvalue weighted by Gasteiger charge is 2.26. The van der Waals surface area contributed by atoms with E-state index in [0.29, 0.717) is 0 Å². The standard InChI is InChI=1S/C13H15BrN2O3S2/c1-3-4-5-6-10-7-8-13(20-10)21(17,18)15-12-9-11(14)16(2)19-12/h7-9,11,15H,3-4H2,1-2H3. The van der Waals surface area contributed by atoms with Gasteiger partial charge >= 0.3 is 0 Å². The summed E-state index contributed by atoms with van der Waals surface area (Å²) in [5.74, 6) is 6.14. The van der Waals surface area contributed by atoms with Gasteiger partial charge in [-0.15, -0.1) is 16.4 Å². The molecule has 1 unspecified atom stereocenters. The molecule has 1 atom stereocenters. The van der Waals surface area contributed by atoms with Crippen molar-refractivity contribution >= 4 is 37.3 Å². The van der Waals surface area contributed by atoms with Crippen LogP contribution in [0.5, 0.6) is 0 Å². The quantitative estimate of drug-likeness (QED) is 0.487. The second kappa shape index (κ2) is 6.83. The van der Waals surface area contributed by atoms with E-state index in [1.54, 1.807) is 25.3 Å². The van der Waals surface area contributed by atoms with E-state index in [9.17, 15) is 8.42 Å². The molecule has 0 saturated heterocycles. The number of alkyl halides is 1. The van der Waals surface area contributed by atoms with Crippen molar-refractivity contribution in [2.45, 2.75) is 28.9 Å². The summed E-state index contributed by atoms with van der Waals surface area (Å²) in [6, 6.07) is 3.26. The van der Waals surface area contributed by atoms with E-state index in [1.807, 2.05) is 6.92 Å². The lowest BCUT2D eigenvalue weighted by Gasteiger charge is -2.13. The Balaban J connectivity index is 2.11. The summed E-state index contributed by atoms with van der Waals surface area (Å²) in [5, 5.41) is 1.49. The summed E-state index contributed by atoms with van der Waals surface area (Å²) in [6.07, 6.45) is 3.42. The molecule has 2 rings (SSSR count). The Hall–Kier alpha value is -1.01. The molecule has 114 valence electrons. The van der Waals surface area contributed by atoms with E-state index >= 15 is 0 Å². The molecule has 0 saturated carbocycles. The molecule has 1 aliphatic heterocycles. The van der Waals surface area contributed by atoms with Crippen LogP contribution in [-0.2, 0) is 14.9 Å². The molecule has 1 N–H and O–H groups in total. The average molecular weight is 391 g/mol. The summed E-state index contributed by atoms with van der Waals surface area (Å²) < 4.78 is 27.1. The first-order valence-corrected chi connectivity index (χ1v) is 9.52. The molecule has 0 fully saturated rings. The Morgan fingerprint density at radius 2 is 2.29 bits per heavy atom. The lowest BCUT2D eigenvalue weighted by Crippen LogP contribution is -2.25. The molecule has 0 aliphatic carbocycles. The van der Waals surface area contributed by atoms with Crippen molar-refractivity contribution in [3.05, 3.63) is 29.0 Å². The van der Waals surface area contributed by atoms with Crippen molar-refractivity contribution < 1.29 is 13.3 Å². The minimum absolute atomic E-state index is 0.158. The number of nitrogens with zero attached hydrogens (tertiary/aromatic N) is 1. The highest BCUT2D eigenvalue weighted by atomic mass is 79.9. The Morgan fingerprint density at radius 1 is 1.52 bits per heavy atom. The van der Waals surface area contributed by atoms with Gasteiger partial charge in [0.25, 0.3) is 10.0 Å². The maximum atomic E-state index is 12.2. The van der Waals surface area contributed by atoms with Gasteiger partial charge in [-0.3, -0.25) is 0 Å². The molecule has 5 nitrogen and oxygen atoms in total. The van der Waals surface area contributed by atoms with Crippen molar-refractivity contribution in [2.75, 3.05) is 7.05 Å². The minimum atomic E-state index is -3.64. The topological polar surface area (TPSA) is 58.6 Å². The van der Waals surface area contributed by atoms with E-state index in [1.165, 1.54) is 5.06 Å². The van der Waals surface area contributed by atoms with E-state index in [2.05, 4.69) is 32.5 Å². The fraction of sp³-hybridized carbons (Fsp3) is 0.385. The first-order chi connectivity index (χ1) is 9.92. The number of rotatable bonds is 4. The van der Waals surface area contributed by atoms with Gasteiger partial charge in [0, 0.05) is 19.5 Å². The average Bonchev–Trinajstić information content (AvgIpc) is 2.98. The van der Waals surface area contributed by atoms with Gasteiger partial charge in [0.05, 0.1) is 4.88 Å². The van der Waals surface area contributed by atoms with E-state index in [4.69, 9.17) is 4.84 Å². The zero-order valence-electron chi connectivity index (χ0n) is 11.6. The molecular formula is C13H15BrN2O3S2. The molecule has 8 heteroatoms. The van der Waals surface area contributed by atoms with Crippen molar-refractivity contribution in [1.82, 2.24) is 9.79 Å². The van der Waals surface area contributed by atoms with Gasteiger partial charge < -0.3 is 4.84 Å². The van der Waals surface area contributed by atoms with Crippen LogP contribution in [0.25, 0.3) is 0 Å². The molecule has 0 amide bonds. The van der Waals surface area contributed by atoms with Gasteiger partial charge in [-0.1, -0.05) is 34.7 Å². The number of unbranched alkanes of at least 4 members (excludes halogenated alkanes) is 1. The number of nitrogens with one attached hydrogen (secondary N) is 1. The van der Waals surface area contributed by atoms with Gasteiger partial charge in [0.15, 0.2) is 0 Å². The molecule has 2 heterocycles. The number of hydroxylamine groups is 2. The molecule has 21 heavy (non-hydrogen) atoms. The van der Waals surface area contributed by atoms with Crippen LogP contribution in [0.2, 0.25) is 0 Å². The second-order valence-electron chi connectivity index (χ2n) is 4.32. The maximum absolute atomic E-state index is 12.2. The predicted octanol–water partition coefficient (Wildman–Crippen LogP) is 2.62. The predicted molar refractivity (Wildman–Crippen MR) is 86.1 cm³/mol. The normalized spacial score (nSPS) is 18.6. The van der Waals surface area contributed by atoms with Crippen LogP contribution < -0.4 is 4.72 Å². The number of thiophene rings is 1. The number of halogens is 1. The molecule has 1 aromatic rings. The molecular weight excluding hydrogens is 376 g/mol. The lowest BCUT2D eigenvalue weighted by molar-refractivity contribution is -0.0766. The second-order valence-corrected chi connectivity index (χ2v) is 8.25. The molecule has 0 bridgehead atoms. The Labute approximate surface area is 137 Å². The first-order valence-electron chi connectivity index (χ1n) is 6.30. The van der Waals surface area contributed by atoms with Gasteiger partial charge in [0.2, 0.25) is 5.88 Å². The highest BCUT2D eigenvalue weighted by molar-refractivity contribution is 9.09. The Kier molecular flexibility index (Phi) is 5.32. The molecule has 1 aliphatic rings. The minimum Gasteiger partial charge on any atom is -0.386 e. The highest BCUT2D eigenvalue weighted by Crippen LogP contribution is 2.24. The monoisotopic (exact) mass is 390 g/mol. The van der Waals surface area contributed by atoms with Crippen LogP contribution in [0.1, 0.15) is 24.6 Å². The van der Waals surface area contributed by atoms with Crippen molar-refractivity contribution in [3.8, 4) is 11.8 Å². The fourth-order valence-electron chi connectivity index (χ4n) is 1.51. The van der Waals surface area contributed by atoms with Crippen LogP contribution >= 0.6 is 27.3 Å². The van der Waals surface area contributed by atoms with Crippen LogP contribution in [0.3, 0.4) is 0 Å². The van der Waals surface area contributed by atoms with E-state index in [0.717, 1.165) is 29.1 Å². The van der Waals surface area contributed by atoms with Crippen molar-refractivity contribution in [2.24, 2.45) is 0 Å². The number of hydrogen-bond acceptors (Lipinski definition) is 5. The smallest absolute Gasteiger partial charge is 0.273 e. The van der Waals surface area contributed by atoms with Gasteiger partial charge in [-0.2, -0.15) is 0 Å². The van der Waals surface area contributed by atoms with E-state index in [-0.39, 0.29) is 15.0 Å². The van der Waals surface area contributed by atoms with Gasteiger partial charge in [0.1, 0.15) is 9.16 Å². The summed E-state index contributed by atoms with van der Waals surface area (Å²) in [4.78, 5) is 5.83. The van der Waals surface area contributed by atoms with Gasteiger partial charge in [-0.25, -0.2) is 13.1 Å². The molecule has 0 aromatic carbocycles. The number of sulfonamides is 1. The summed E-state index contributed by atoms with van der Waals surface area (Å²) in [5.41, 5.74) is 0. The zero-order chi connectivity index (χ0) is 15.5. The van der Waals surface area contributed by atoms with Crippen molar-refractivity contribution in [1.29, 1.82) is 0 Å². The summed E-state index contributed by atoms with van der Waals surface area (Å²) in [7, 11) is -1.94. The summed E-state index contributed by atoms with van der Waals surface area (Å²) >= 11 is 4.46. The fourth-order valence-corrected chi connectivity index (χ4v) is 3.99. The first kappa shape index (κ1) is 16.4. The van der Waals surface area contributed by atoms with Crippen LogP contribution in [0.15, 0.2) is 28.3 Å². The van der Waals surface area contributed by atoms with E-state index < -0.39 is 10.0 Å². The molecule has 0 radical (unpaired) electrons. The molecule has 1 aromatic heterocycles. The van der Waals surface area contributed by atoms with Crippen molar-refractivity contribution in [3.63, 3.8) is 0 Å². The number of hydrogen-bond donors (Lipinski definition) is 1. The van der Waals surface area contributed by atoms with Crippen LogP contribution in [0.4, 0.5) is 0 Å². The third-order valence-electron chi connectivity index (χ3n) is 2.55. The number of likely N-dealkylation sites (N-methyl/N-ethyl adjacent to an activating group) is 1. The lowest BCUT2D eigenvalue weighted by atomic mass is 10.3. The largest absolute Gasteiger partial charge is 0.386 e. The zero-order valence-corrected chi connectivity index (χ0v) is 14.8. The van der Waals surface area contributed by atoms with Crippen LogP contribution in [0, 0.1) is 11.8 Å². The Bertz CT molecular complexity index is 700. The van der Waals surface area contributed by atoms with Crippen LogP contribution in [-0.4, -0.2) is 25.5 Å². The van der Waals surface area contributed by atoms with Gasteiger partial charge in [-0.05, 0) is 18.6 Å². The summed E-state index contributed by atoms with van der Waals surface area (Å²) in [6.45, 7) is 2.05. The third kappa shape index (κ3) is 4.23. The maximum Gasteiger partial charge on any atom is 0.273 e. The molecule has 0 spiro atoms. The Morgan fingerprint density at radius 3 is 2.90 bits per heavy atom. The third-order valence-corrected chi connectivity index (χ3v) is 6.23.